The molecule has 0 atom stereocenters. The first kappa shape index (κ1) is 8.34. The van der Waals surface area contributed by atoms with Crippen LogP contribution in [0.4, 0.5) is 4.39 Å². The number of hydrogen-bond acceptors (Lipinski definition) is 1. The molecule has 1 aromatic carbocycles. The minimum atomic E-state index is -0.430. The number of aromatic hydroxyl groups is 1. The van der Waals surface area contributed by atoms with Crippen LogP contribution in [0.25, 0.3) is 0 Å². The number of aryl methyl sites for hydroxylation is 1. The Balaban J connectivity index is 2.90. The second-order valence-electron chi connectivity index (χ2n) is 2.21. The van der Waals surface area contributed by atoms with E-state index in [4.69, 9.17) is 16.7 Å². The second kappa shape index (κ2) is 3.58. The molecule has 0 amide bonds. The molecule has 0 aliphatic heterocycles. The smallest absolute Gasteiger partial charge is 0.126 e. The van der Waals surface area contributed by atoms with E-state index in [1.54, 1.807) is 0 Å². The lowest BCUT2D eigenvalue weighted by Crippen LogP contribution is -1.87. The predicted octanol–water partition coefficient (Wildman–Crippen LogP) is 2.31. The van der Waals surface area contributed by atoms with E-state index in [1.807, 2.05) is 0 Å². The zero-order valence-electron chi connectivity index (χ0n) is 5.85. The predicted molar refractivity (Wildman–Crippen MR) is 42.5 cm³/mol. The van der Waals surface area contributed by atoms with Crippen LogP contribution < -0.4 is 0 Å². The van der Waals surface area contributed by atoms with Crippen molar-refractivity contribution in [1.29, 1.82) is 0 Å². The highest BCUT2D eigenvalue weighted by atomic mass is 35.5. The minimum absolute atomic E-state index is 0.0225. The molecular weight excluding hydrogens is 167 g/mol. The lowest BCUT2D eigenvalue weighted by Gasteiger charge is -2.00. The van der Waals surface area contributed by atoms with Crippen molar-refractivity contribution < 1.29 is 9.50 Å². The molecule has 11 heavy (non-hydrogen) atoms. The van der Waals surface area contributed by atoms with E-state index in [-0.39, 0.29) is 5.75 Å². The van der Waals surface area contributed by atoms with E-state index >= 15 is 0 Å². The Labute approximate surface area is 69.4 Å². The summed E-state index contributed by atoms with van der Waals surface area (Å²) in [5, 5.41) is 9.12. The van der Waals surface area contributed by atoms with Crippen LogP contribution in [0.5, 0.6) is 5.75 Å². The van der Waals surface area contributed by atoms with Gasteiger partial charge in [-0.05, 0) is 18.1 Å². The fourth-order valence-corrected chi connectivity index (χ4v) is 1.05. The largest absolute Gasteiger partial charge is 0.508 e. The number of hydrogen-bond donors (Lipinski definition) is 1. The van der Waals surface area contributed by atoms with Gasteiger partial charge in [0.15, 0.2) is 0 Å². The van der Waals surface area contributed by atoms with Crippen molar-refractivity contribution in [3.8, 4) is 5.75 Å². The monoisotopic (exact) mass is 174 g/mol. The van der Waals surface area contributed by atoms with E-state index in [1.165, 1.54) is 12.1 Å². The van der Waals surface area contributed by atoms with E-state index in [0.717, 1.165) is 6.07 Å². The molecule has 1 nitrogen and oxygen atoms in total. The van der Waals surface area contributed by atoms with E-state index in [9.17, 15) is 4.39 Å². The normalized spacial score (nSPS) is 10.0. The van der Waals surface area contributed by atoms with Crippen LogP contribution in [0.1, 0.15) is 5.56 Å². The second-order valence-corrected chi connectivity index (χ2v) is 2.59. The zero-order chi connectivity index (χ0) is 8.27. The molecule has 0 aliphatic carbocycles. The van der Waals surface area contributed by atoms with Crippen molar-refractivity contribution in [3.05, 3.63) is 29.6 Å². The van der Waals surface area contributed by atoms with Crippen LogP contribution in [-0.4, -0.2) is 11.0 Å². The molecule has 0 saturated carbocycles. The maximum atomic E-state index is 12.4. The van der Waals surface area contributed by atoms with Crippen LogP contribution in [0, 0.1) is 5.82 Å². The van der Waals surface area contributed by atoms with Gasteiger partial charge in [-0.25, -0.2) is 4.39 Å². The molecule has 0 unspecified atom stereocenters. The fraction of sp³-hybridized carbons (Fsp3) is 0.250. The average Bonchev–Trinajstić information content (AvgIpc) is 1.95. The van der Waals surface area contributed by atoms with Crippen LogP contribution in [-0.2, 0) is 6.42 Å². The van der Waals surface area contributed by atoms with Gasteiger partial charge >= 0.3 is 0 Å². The molecule has 3 heteroatoms. The SMILES string of the molecule is Oc1cc(F)ccc1CCCl. The summed E-state index contributed by atoms with van der Waals surface area (Å²) >= 11 is 5.44. The number of rotatable bonds is 2. The Bertz CT molecular complexity index is 250. The molecule has 0 aromatic heterocycles. The minimum Gasteiger partial charge on any atom is -0.508 e. The first-order valence-electron chi connectivity index (χ1n) is 3.27. The van der Waals surface area contributed by atoms with Gasteiger partial charge in [0.2, 0.25) is 0 Å². The lowest BCUT2D eigenvalue weighted by molar-refractivity contribution is 0.462. The van der Waals surface area contributed by atoms with Gasteiger partial charge in [-0.15, -0.1) is 11.6 Å². The maximum absolute atomic E-state index is 12.4. The summed E-state index contributed by atoms with van der Waals surface area (Å²) in [5.74, 6) is -0.0226. The van der Waals surface area contributed by atoms with Crippen LogP contribution >= 0.6 is 11.6 Å². The summed E-state index contributed by atoms with van der Waals surface area (Å²) in [6.45, 7) is 0. The van der Waals surface area contributed by atoms with Gasteiger partial charge in [0.05, 0.1) is 0 Å². The molecule has 0 fully saturated rings. The van der Waals surface area contributed by atoms with Gasteiger partial charge in [-0.1, -0.05) is 6.07 Å². The molecule has 0 aliphatic rings. The molecule has 0 heterocycles. The van der Waals surface area contributed by atoms with Gasteiger partial charge in [0, 0.05) is 11.9 Å². The van der Waals surface area contributed by atoms with Crippen molar-refractivity contribution in [2.24, 2.45) is 0 Å². The van der Waals surface area contributed by atoms with Crippen molar-refractivity contribution in [2.45, 2.75) is 6.42 Å². The van der Waals surface area contributed by atoms with Crippen LogP contribution in [0.2, 0.25) is 0 Å². The number of phenols is 1. The summed E-state index contributed by atoms with van der Waals surface area (Å²) < 4.78 is 12.4. The highest BCUT2D eigenvalue weighted by molar-refractivity contribution is 6.18. The van der Waals surface area contributed by atoms with Crippen LogP contribution in [0.3, 0.4) is 0 Å². The standard InChI is InChI=1S/C8H8ClFO/c9-4-3-6-1-2-7(10)5-8(6)11/h1-2,5,11H,3-4H2. The molecule has 1 N–H and O–H groups in total. The third-order valence-corrected chi connectivity index (χ3v) is 1.60. The number of benzene rings is 1. The van der Waals surface area contributed by atoms with Gasteiger partial charge in [-0.2, -0.15) is 0 Å². The molecule has 0 bridgehead atoms. The zero-order valence-corrected chi connectivity index (χ0v) is 6.61. The van der Waals surface area contributed by atoms with Crippen molar-refractivity contribution in [2.75, 3.05) is 5.88 Å². The molecule has 0 radical (unpaired) electrons. The maximum Gasteiger partial charge on any atom is 0.126 e. The van der Waals surface area contributed by atoms with E-state index in [0.29, 0.717) is 17.9 Å². The van der Waals surface area contributed by atoms with Gasteiger partial charge in [0.25, 0.3) is 0 Å². The first-order chi connectivity index (χ1) is 5.24. The third kappa shape index (κ3) is 2.09. The molecule has 0 saturated heterocycles. The van der Waals surface area contributed by atoms with Crippen molar-refractivity contribution in [1.82, 2.24) is 0 Å². The van der Waals surface area contributed by atoms with E-state index < -0.39 is 5.82 Å². The Hall–Kier alpha value is -0.760. The van der Waals surface area contributed by atoms with Gasteiger partial charge in [0.1, 0.15) is 11.6 Å². The lowest BCUT2D eigenvalue weighted by atomic mass is 10.1. The summed E-state index contributed by atoms with van der Waals surface area (Å²) in [7, 11) is 0. The third-order valence-electron chi connectivity index (χ3n) is 1.41. The Kier molecular flexibility index (Phi) is 2.71. The van der Waals surface area contributed by atoms with Gasteiger partial charge < -0.3 is 5.11 Å². The first-order valence-corrected chi connectivity index (χ1v) is 3.81. The quantitative estimate of drug-likeness (QED) is 0.683. The molecule has 1 rings (SSSR count). The highest BCUT2D eigenvalue weighted by Gasteiger charge is 2.00. The molecule has 1 aromatic rings. The molecule has 60 valence electrons. The Morgan fingerprint density at radius 1 is 1.45 bits per heavy atom. The topological polar surface area (TPSA) is 20.2 Å². The van der Waals surface area contributed by atoms with Crippen molar-refractivity contribution in [3.63, 3.8) is 0 Å². The Morgan fingerprint density at radius 2 is 2.18 bits per heavy atom. The molecule has 0 spiro atoms. The summed E-state index contributed by atoms with van der Waals surface area (Å²) in [6, 6.07) is 3.93. The summed E-state index contributed by atoms with van der Waals surface area (Å²) in [4.78, 5) is 0. The average molecular weight is 175 g/mol. The summed E-state index contributed by atoms with van der Waals surface area (Å²) in [6.07, 6.45) is 0.563. The number of phenolic OH excluding ortho intramolecular Hbond substituents is 1. The fourth-order valence-electron chi connectivity index (χ4n) is 0.850. The summed E-state index contributed by atoms with van der Waals surface area (Å²) in [5.41, 5.74) is 0.682. The Morgan fingerprint density at radius 3 is 2.73 bits per heavy atom. The van der Waals surface area contributed by atoms with E-state index in [2.05, 4.69) is 0 Å². The van der Waals surface area contributed by atoms with Crippen LogP contribution in [0.15, 0.2) is 18.2 Å². The van der Waals surface area contributed by atoms with Gasteiger partial charge in [-0.3, -0.25) is 0 Å². The van der Waals surface area contributed by atoms with Crippen molar-refractivity contribution >= 4 is 11.6 Å². The molecular formula is C8H8ClFO. The highest BCUT2D eigenvalue weighted by Crippen LogP contribution is 2.18. The number of halogens is 2. The number of alkyl halides is 1.